The minimum absolute atomic E-state index is 0. The van der Waals surface area contributed by atoms with Crippen LogP contribution >= 0.6 is 0 Å². The molecule has 0 bridgehead atoms. The molecule has 19 heavy (non-hydrogen) atoms. The largest absolute Gasteiger partial charge is 2.00 e. The fourth-order valence-corrected chi connectivity index (χ4v) is 1.40. The van der Waals surface area contributed by atoms with E-state index in [1.54, 1.807) is 0 Å². The van der Waals surface area contributed by atoms with Gasteiger partial charge in [-0.3, -0.25) is 0 Å². The molecule has 0 unspecified atom stereocenters. The molecule has 0 N–H and O–H groups in total. The monoisotopic (exact) mass is 291 g/mol. The Kier molecular flexibility index (Phi) is 5.69. The van der Waals surface area contributed by atoms with Crippen molar-refractivity contribution in [1.29, 1.82) is 0 Å². The van der Waals surface area contributed by atoms with Crippen molar-refractivity contribution in [3.63, 3.8) is 0 Å². The molecule has 2 rings (SSSR count). The van der Waals surface area contributed by atoms with Crippen LogP contribution in [0.3, 0.4) is 0 Å². The van der Waals surface area contributed by atoms with Crippen LogP contribution in [0.1, 0.15) is 2.85 Å². The summed E-state index contributed by atoms with van der Waals surface area (Å²) >= 11 is 0. The Balaban J connectivity index is -0.000000810. The van der Waals surface area contributed by atoms with Gasteiger partial charge in [0.25, 0.3) is 0 Å². The van der Waals surface area contributed by atoms with Gasteiger partial charge >= 0.3 is 23.1 Å². The molecule has 0 aliphatic rings. The van der Waals surface area contributed by atoms with Gasteiger partial charge in [-0.1, -0.05) is 0 Å². The van der Waals surface area contributed by atoms with Crippen molar-refractivity contribution in [2.45, 2.75) is 0 Å². The summed E-state index contributed by atoms with van der Waals surface area (Å²) in [6, 6.07) is 0.0503. The predicted octanol–water partition coefficient (Wildman–Crippen LogP) is 3.28. The molecule has 0 fully saturated rings. The summed E-state index contributed by atoms with van der Waals surface area (Å²) in [5, 5.41) is -2.68. The fourth-order valence-electron chi connectivity index (χ4n) is 1.40. The summed E-state index contributed by atoms with van der Waals surface area (Å²) in [6.45, 7) is 0. The Bertz CT molecular complexity index is 645. The van der Waals surface area contributed by atoms with Crippen LogP contribution in [-0.4, -0.2) is 31.5 Å². The van der Waals surface area contributed by atoms with Crippen LogP contribution < -0.4 is 0 Å². The quantitative estimate of drug-likeness (QED) is 0.302. The van der Waals surface area contributed by atoms with Gasteiger partial charge < -0.3 is 2.85 Å². The van der Waals surface area contributed by atoms with E-state index in [2.05, 4.69) is 0 Å². The Morgan fingerprint density at radius 3 is 1.58 bits per heavy atom. The van der Waals surface area contributed by atoms with Crippen LogP contribution in [0.4, 0.5) is 30.7 Å². The van der Waals surface area contributed by atoms with Crippen LogP contribution in [0.5, 0.6) is 0 Å². The topological polar surface area (TPSA) is 0 Å². The van der Waals surface area contributed by atoms with Crippen molar-refractivity contribution in [3.8, 4) is 0 Å². The molecular weight excluding hydrogens is 288 g/mol. The smallest absolute Gasteiger partial charge is 1.00 e. The van der Waals surface area contributed by atoms with E-state index in [0.717, 1.165) is 0 Å². The third-order valence-corrected chi connectivity index (χ3v) is 2.20. The maximum atomic E-state index is 13.1. The van der Waals surface area contributed by atoms with E-state index in [4.69, 9.17) is 0 Å². The second-order valence-electron chi connectivity index (χ2n) is 3.16. The molecule has 0 nitrogen and oxygen atoms in total. The van der Waals surface area contributed by atoms with Crippen molar-refractivity contribution in [2.75, 3.05) is 0 Å². The van der Waals surface area contributed by atoms with Crippen LogP contribution in [0.2, 0.25) is 0 Å². The van der Waals surface area contributed by atoms with E-state index in [9.17, 15) is 30.7 Å². The maximum absolute atomic E-state index is 13.1. The van der Waals surface area contributed by atoms with Gasteiger partial charge in [0.2, 0.25) is 0 Å². The number of fused-ring (bicyclic) bond motifs is 1. The molecule has 2 aromatic carbocycles. The van der Waals surface area contributed by atoms with Gasteiger partial charge in [0.05, 0.1) is 5.39 Å². The van der Waals surface area contributed by atoms with Crippen molar-refractivity contribution in [3.05, 3.63) is 46.8 Å². The van der Waals surface area contributed by atoms with Crippen molar-refractivity contribution < 1.29 is 33.6 Å². The number of benzene rings is 2. The zero-order valence-corrected chi connectivity index (χ0v) is 10.4. The van der Waals surface area contributed by atoms with Crippen molar-refractivity contribution in [2.24, 2.45) is 0 Å². The minimum Gasteiger partial charge on any atom is -1.00 e. The van der Waals surface area contributed by atoms with Gasteiger partial charge in [-0.15, -0.1) is 0 Å². The molecule has 0 aliphatic carbocycles. The molecule has 0 atom stereocenters. The Morgan fingerprint density at radius 1 is 0.632 bits per heavy atom. The maximum Gasteiger partial charge on any atom is 2.00 e. The standard InChI is InChI=1S/C10HF7.B.Mg.2H/c11-3-1-2-4(7(14)6(3)13)8(15)10(17)9(16)5(2)12;;;;/h1H;;;;/q;;+2;2*-1. The average Bonchev–Trinajstić information content (AvgIpc) is 2.30. The van der Waals surface area contributed by atoms with Crippen molar-refractivity contribution in [1.82, 2.24) is 0 Å². The number of halogens is 7. The summed E-state index contributed by atoms with van der Waals surface area (Å²) in [7, 11) is 0. The Morgan fingerprint density at radius 2 is 1.05 bits per heavy atom. The zero-order valence-electron chi connectivity index (χ0n) is 11.0. The zero-order chi connectivity index (χ0) is 12.9. The second kappa shape index (κ2) is 6.00. The fraction of sp³-hybridized carbons (Fsp3) is 0. The summed E-state index contributed by atoms with van der Waals surface area (Å²) in [5.41, 5.74) is 0. The van der Waals surface area contributed by atoms with Gasteiger partial charge in [0, 0.05) is 13.8 Å². The van der Waals surface area contributed by atoms with Crippen LogP contribution in [0, 0.1) is 40.7 Å². The van der Waals surface area contributed by atoms with E-state index >= 15 is 0 Å². The molecule has 0 saturated heterocycles. The molecule has 0 heterocycles. The van der Waals surface area contributed by atoms with Crippen LogP contribution in [0.15, 0.2) is 6.07 Å². The summed E-state index contributed by atoms with van der Waals surface area (Å²) in [6.07, 6.45) is 0. The third-order valence-electron chi connectivity index (χ3n) is 2.20. The number of hydrogen-bond donors (Lipinski definition) is 0. The van der Waals surface area contributed by atoms with E-state index in [-0.39, 0.29) is 40.4 Å². The van der Waals surface area contributed by atoms with Crippen LogP contribution in [-0.2, 0) is 0 Å². The van der Waals surface area contributed by atoms with Gasteiger partial charge in [-0.2, -0.15) is 0 Å². The second-order valence-corrected chi connectivity index (χ2v) is 3.16. The first-order valence-electron chi connectivity index (χ1n) is 4.15. The molecule has 97 valence electrons. The summed E-state index contributed by atoms with van der Waals surface area (Å²) in [5.74, 6) is -14.7. The normalized spacial score (nSPS) is 10.1. The van der Waals surface area contributed by atoms with Gasteiger partial charge in [-0.25, -0.2) is 30.7 Å². The van der Waals surface area contributed by atoms with E-state index in [1.165, 1.54) is 0 Å². The molecule has 2 aromatic rings. The summed E-state index contributed by atoms with van der Waals surface area (Å²) < 4.78 is 90.3. The molecular formula is C10H3BF7Mg. The molecule has 0 spiro atoms. The van der Waals surface area contributed by atoms with Gasteiger partial charge in [0.1, 0.15) is 0 Å². The predicted molar refractivity (Wildman–Crippen MR) is 57.4 cm³/mol. The Hall–Kier alpha value is -0.959. The Labute approximate surface area is 123 Å². The van der Waals surface area contributed by atoms with Crippen molar-refractivity contribution >= 4 is 42.2 Å². The summed E-state index contributed by atoms with van der Waals surface area (Å²) in [4.78, 5) is 0. The molecule has 9 heteroatoms. The first-order chi connectivity index (χ1) is 7.86. The number of hydrogen-bond acceptors (Lipinski definition) is 0. The molecule has 0 aliphatic heterocycles. The molecule has 0 saturated carbocycles. The minimum atomic E-state index is -2.29. The first-order valence-corrected chi connectivity index (χ1v) is 4.15. The first kappa shape index (κ1) is 18.0. The SMILES string of the molecule is Fc1cc2c(F)c(F)c(F)c(F)c2c(F)c1F.[B].[H-].[H-].[Mg+2]. The van der Waals surface area contributed by atoms with E-state index < -0.39 is 51.5 Å². The number of rotatable bonds is 0. The van der Waals surface area contributed by atoms with E-state index in [1.807, 2.05) is 0 Å². The molecule has 0 amide bonds. The van der Waals surface area contributed by atoms with Gasteiger partial charge in [0.15, 0.2) is 40.7 Å². The van der Waals surface area contributed by atoms with Gasteiger partial charge in [-0.05, 0) is 6.07 Å². The van der Waals surface area contributed by atoms with E-state index in [0.29, 0.717) is 0 Å². The molecule has 3 radical (unpaired) electrons. The average molecular weight is 291 g/mol. The third kappa shape index (κ3) is 2.53. The van der Waals surface area contributed by atoms with Crippen LogP contribution in [0.25, 0.3) is 10.8 Å². The molecule has 0 aromatic heterocycles.